The van der Waals surface area contributed by atoms with Crippen molar-refractivity contribution >= 4 is 17.8 Å². The van der Waals surface area contributed by atoms with Gasteiger partial charge in [0.2, 0.25) is 5.91 Å². The second kappa shape index (κ2) is 7.35. The molecule has 0 radical (unpaired) electrons. The maximum absolute atomic E-state index is 12.9. The zero-order chi connectivity index (χ0) is 19.6. The molecule has 1 heterocycles. The number of methoxy groups -OCH3 is 1. The number of amides is 4. The molecule has 1 fully saturated rings. The molecule has 0 saturated carbocycles. The summed E-state index contributed by atoms with van der Waals surface area (Å²) in [6, 6.07) is 6.33. The second-order valence-electron chi connectivity index (χ2n) is 7.16. The maximum Gasteiger partial charge on any atom is 0.325 e. The fraction of sp³-hybridized carbons (Fsp3) is 0.526. The number of nitrogens with one attached hydrogen (secondary N) is 1. The van der Waals surface area contributed by atoms with Crippen molar-refractivity contribution < 1.29 is 19.1 Å². The van der Waals surface area contributed by atoms with Gasteiger partial charge in [-0.05, 0) is 52.3 Å². The number of urea groups is 1. The van der Waals surface area contributed by atoms with Crippen LogP contribution in [0.2, 0.25) is 0 Å². The zero-order valence-electron chi connectivity index (χ0n) is 16.2. The van der Waals surface area contributed by atoms with E-state index in [-0.39, 0.29) is 24.5 Å². The largest absolute Gasteiger partial charge is 0.497 e. The number of carbonyl (C=O) groups excluding carboxylic acids is 3. The van der Waals surface area contributed by atoms with Crippen LogP contribution in [-0.4, -0.2) is 53.4 Å². The third kappa shape index (κ3) is 3.52. The summed E-state index contributed by atoms with van der Waals surface area (Å²) >= 11 is 0. The predicted octanol–water partition coefficient (Wildman–Crippen LogP) is 2.11. The Hall–Kier alpha value is -2.57. The molecule has 0 aliphatic carbocycles. The summed E-state index contributed by atoms with van der Waals surface area (Å²) in [5, 5.41) is 2.71. The number of imide groups is 1. The van der Waals surface area contributed by atoms with E-state index in [4.69, 9.17) is 4.74 Å². The number of hydrogen-bond acceptors (Lipinski definition) is 4. The van der Waals surface area contributed by atoms with Gasteiger partial charge in [0.05, 0.1) is 7.11 Å². The van der Waals surface area contributed by atoms with E-state index in [0.717, 1.165) is 4.90 Å². The molecular weight excluding hydrogens is 334 g/mol. The van der Waals surface area contributed by atoms with Crippen LogP contribution in [-0.2, 0) is 15.1 Å². The van der Waals surface area contributed by atoms with Crippen molar-refractivity contribution in [1.29, 1.82) is 0 Å². The molecule has 7 heteroatoms. The molecule has 1 N–H and O–H groups in total. The molecule has 4 amide bonds. The number of nitrogens with zero attached hydrogens (tertiary/aromatic N) is 2. The van der Waals surface area contributed by atoms with Gasteiger partial charge in [-0.3, -0.25) is 14.5 Å². The number of benzene rings is 1. The summed E-state index contributed by atoms with van der Waals surface area (Å²) in [5.74, 6) is -0.0309. The molecule has 2 rings (SSSR count). The summed E-state index contributed by atoms with van der Waals surface area (Å²) < 4.78 is 5.12. The van der Waals surface area contributed by atoms with Crippen molar-refractivity contribution in [1.82, 2.24) is 15.1 Å². The Morgan fingerprint density at radius 1 is 1.15 bits per heavy atom. The Balaban J connectivity index is 2.23. The smallest absolute Gasteiger partial charge is 0.325 e. The average molecular weight is 361 g/mol. The van der Waals surface area contributed by atoms with E-state index in [2.05, 4.69) is 5.32 Å². The normalized spacial score (nSPS) is 19.9. The number of hydrogen-bond donors (Lipinski definition) is 1. The molecule has 1 aliphatic rings. The first-order valence-electron chi connectivity index (χ1n) is 8.71. The standard InChI is InChI=1S/C19H27N3O4/c1-12(2)22(13(3)4)16(23)11-21-17(24)19(5,20-18(21)25)14-7-9-15(26-6)10-8-14/h7-10,12-13H,11H2,1-6H3,(H,20,25)/t19-/m0/s1. The number of rotatable bonds is 6. The first-order chi connectivity index (χ1) is 12.1. The molecule has 7 nitrogen and oxygen atoms in total. The average Bonchev–Trinajstić information content (AvgIpc) is 2.78. The minimum absolute atomic E-state index is 0.0174. The van der Waals surface area contributed by atoms with Gasteiger partial charge >= 0.3 is 6.03 Å². The monoisotopic (exact) mass is 361 g/mol. The van der Waals surface area contributed by atoms with Gasteiger partial charge in [0.25, 0.3) is 5.91 Å². The van der Waals surface area contributed by atoms with Gasteiger partial charge in [-0.2, -0.15) is 0 Å². The van der Waals surface area contributed by atoms with Gasteiger partial charge in [0, 0.05) is 12.1 Å². The second-order valence-corrected chi connectivity index (χ2v) is 7.16. The molecule has 142 valence electrons. The van der Waals surface area contributed by atoms with Crippen molar-refractivity contribution in [3.05, 3.63) is 29.8 Å². The number of carbonyl (C=O) groups is 3. The van der Waals surface area contributed by atoms with E-state index in [1.165, 1.54) is 0 Å². The van der Waals surface area contributed by atoms with Crippen LogP contribution in [0.3, 0.4) is 0 Å². The van der Waals surface area contributed by atoms with E-state index >= 15 is 0 Å². The third-order valence-electron chi connectivity index (χ3n) is 4.64. The van der Waals surface area contributed by atoms with Crippen molar-refractivity contribution in [2.75, 3.05) is 13.7 Å². The molecule has 1 aromatic rings. The quantitative estimate of drug-likeness (QED) is 0.787. The fourth-order valence-electron chi connectivity index (χ4n) is 3.35. The lowest BCUT2D eigenvalue weighted by atomic mass is 9.92. The molecule has 1 aromatic carbocycles. The summed E-state index contributed by atoms with van der Waals surface area (Å²) in [6.45, 7) is 9.00. The molecule has 0 unspecified atom stereocenters. The van der Waals surface area contributed by atoms with Crippen LogP contribution < -0.4 is 10.1 Å². The molecule has 0 aromatic heterocycles. The molecule has 1 saturated heterocycles. The molecule has 1 atom stereocenters. The molecular formula is C19H27N3O4. The Labute approximate surface area is 154 Å². The van der Waals surface area contributed by atoms with Gasteiger partial charge in [-0.1, -0.05) is 12.1 Å². The van der Waals surface area contributed by atoms with E-state index in [1.54, 1.807) is 43.2 Å². The van der Waals surface area contributed by atoms with Gasteiger partial charge < -0.3 is 15.0 Å². The lowest BCUT2D eigenvalue weighted by Gasteiger charge is -2.32. The minimum Gasteiger partial charge on any atom is -0.497 e. The lowest BCUT2D eigenvalue weighted by Crippen LogP contribution is -2.49. The van der Waals surface area contributed by atoms with Crippen LogP contribution in [0.5, 0.6) is 5.75 Å². The molecule has 0 bridgehead atoms. The zero-order valence-corrected chi connectivity index (χ0v) is 16.2. The van der Waals surface area contributed by atoms with Crippen LogP contribution in [0.15, 0.2) is 24.3 Å². The lowest BCUT2D eigenvalue weighted by molar-refractivity contribution is -0.141. The van der Waals surface area contributed by atoms with Crippen LogP contribution >= 0.6 is 0 Å². The van der Waals surface area contributed by atoms with Crippen LogP contribution in [0, 0.1) is 0 Å². The first kappa shape index (κ1) is 19.8. The minimum atomic E-state index is -1.20. The molecule has 1 aliphatic heterocycles. The van der Waals surface area contributed by atoms with Crippen molar-refractivity contribution in [2.24, 2.45) is 0 Å². The highest BCUT2D eigenvalue weighted by Gasteiger charge is 2.49. The molecule has 0 spiro atoms. The Bertz CT molecular complexity index is 691. The van der Waals surface area contributed by atoms with E-state index in [9.17, 15) is 14.4 Å². The third-order valence-corrected chi connectivity index (χ3v) is 4.64. The van der Waals surface area contributed by atoms with Gasteiger partial charge in [-0.15, -0.1) is 0 Å². The maximum atomic E-state index is 12.9. The van der Waals surface area contributed by atoms with Crippen LogP contribution in [0.4, 0.5) is 4.79 Å². The van der Waals surface area contributed by atoms with E-state index in [0.29, 0.717) is 11.3 Å². The highest BCUT2D eigenvalue weighted by molar-refractivity contribution is 6.09. The number of ether oxygens (including phenoxy) is 1. The van der Waals surface area contributed by atoms with Crippen molar-refractivity contribution in [2.45, 2.75) is 52.2 Å². The predicted molar refractivity (Wildman–Crippen MR) is 97.7 cm³/mol. The van der Waals surface area contributed by atoms with Gasteiger partial charge in [-0.25, -0.2) is 4.79 Å². The van der Waals surface area contributed by atoms with Crippen LogP contribution in [0.25, 0.3) is 0 Å². The Morgan fingerprint density at radius 3 is 2.15 bits per heavy atom. The van der Waals surface area contributed by atoms with E-state index < -0.39 is 17.5 Å². The SMILES string of the molecule is COc1ccc([C@]2(C)NC(=O)N(CC(=O)N(C(C)C)C(C)C)C2=O)cc1. The first-order valence-corrected chi connectivity index (χ1v) is 8.71. The Morgan fingerprint density at radius 2 is 1.69 bits per heavy atom. The molecule has 26 heavy (non-hydrogen) atoms. The van der Waals surface area contributed by atoms with Gasteiger partial charge in [0.15, 0.2) is 0 Å². The summed E-state index contributed by atoms with van der Waals surface area (Å²) in [4.78, 5) is 40.6. The summed E-state index contributed by atoms with van der Waals surface area (Å²) in [6.07, 6.45) is 0. The highest BCUT2D eigenvalue weighted by atomic mass is 16.5. The topological polar surface area (TPSA) is 79.0 Å². The van der Waals surface area contributed by atoms with E-state index in [1.807, 2.05) is 27.7 Å². The summed E-state index contributed by atoms with van der Waals surface area (Å²) in [5.41, 5.74) is -0.569. The highest BCUT2D eigenvalue weighted by Crippen LogP contribution is 2.30. The Kier molecular flexibility index (Phi) is 5.59. The van der Waals surface area contributed by atoms with Crippen molar-refractivity contribution in [3.8, 4) is 5.75 Å². The summed E-state index contributed by atoms with van der Waals surface area (Å²) in [7, 11) is 1.56. The van der Waals surface area contributed by atoms with Crippen LogP contribution in [0.1, 0.15) is 40.2 Å². The van der Waals surface area contributed by atoms with Crippen molar-refractivity contribution in [3.63, 3.8) is 0 Å². The van der Waals surface area contributed by atoms with Gasteiger partial charge in [0.1, 0.15) is 17.8 Å². The fourth-order valence-corrected chi connectivity index (χ4v) is 3.35.